The Labute approximate surface area is 120 Å². The Morgan fingerprint density at radius 2 is 1.95 bits per heavy atom. The Morgan fingerprint density at radius 1 is 1.14 bits per heavy atom. The second-order valence-corrected chi connectivity index (χ2v) is 4.41. The maximum Gasteiger partial charge on any atom is 0.419 e. The van der Waals surface area contributed by atoms with Crippen LogP contribution < -0.4 is 4.74 Å². The summed E-state index contributed by atoms with van der Waals surface area (Å²) in [5.74, 6) is -0.240. The largest absolute Gasteiger partial charge is 0.493 e. The van der Waals surface area contributed by atoms with Gasteiger partial charge in [0.2, 0.25) is 0 Å². The lowest BCUT2D eigenvalue weighted by Crippen LogP contribution is -2.11. The van der Waals surface area contributed by atoms with Gasteiger partial charge < -0.3 is 9.84 Å². The van der Waals surface area contributed by atoms with E-state index in [2.05, 4.69) is 4.98 Å². The summed E-state index contributed by atoms with van der Waals surface area (Å²) in [4.78, 5) is 4.07. The molecule has 1 aromatic heterocycles. The molecule has 21 heavy (non-hydrogen) atoms. The van der Waals surface area contributed by atoms with Crippen molar-refractivity contribution in [3.63, 3.8) is 0 Å². The maximum atomic E-state index is 12.9. The second kappa shape index (κ2) is 6.58. The highest BCUT2D eigenvalue weighted by Crippen LogP contribution is 2.36. The number of alkyl halides is 3. The molecule has 112 valence electrons. The lowest BCUT2D eigenvalue weighted by molar-refractivity contribution is -0.139. The van der Waals surface area contributed by atoms with Gasteiger partial charge in [-0.25, -0.2) is 0 Å². The molecular weight excluding hydrogens is 283 g/mol. The highest BCUT2D eigenvalue weighted by atomic mass is 19.4. The summed E-state index contributed by atoms with van der Waals surface area (Å²) in [5.41, 5.74) is 0.0625. The van der Waals surface area contributed by atoms with Crippen LogP contribution in [0.2, 0.25) is 0 Å². The third-order valence-corrected chi connectivity index (χ3v) is 2.87. The van der Waals surface area contributed by atoms with E-state index in [-0.39, 0.29) is 17.9 Å². The topological polar surface area (TPSA) is 42.4 Å². The summed E-state index contributed by atoms with van der Waals surface area (Å²) in [6, 6.07) is 8.89. The highest BCUT2D eigenvalue weighted by molar-refractivity contribution is 5.39. The summed E-state index contributed by atoms with van der Waals surface area (Å²) in [6.45, 7) is -0.351. The Morgan fingerprint density at radius 3 is 2.57 bits per heavy atom. The average molecular weight is 297 g/mol. The van der Waals surface area contributed by atoms with Crippen molar-refractivity contribution in [3.05, 3.63) is 59.4 Å². The van der Waals surface area contributed by atoms with Crippen LogP contribution in [0.25, 0.3) is 0 Å². The Balaban J connectivity index is 2.09. The van der Waals surface area contributed by atoms with Crippen LogP contribution in [0.1, 0.15) is 16.8 Å². The SMILES string of the molecule is OCc1ccc(OCCc2ccccn2)c(C(F)(F)F)c1. The van der Waals surface area contributed by atoms with E-state index in [9.17, 15) is 13.2 Å². The molecule has 0 bridgehead atoms. The Hall–Kier alpha value is -2.08. The van der Waals surface area contributed by atoms with Crippen LogP contribution in [-0.4, -0.2) is 16.7 Å². The van der Waals surface area contributed by atoms with E-state index in [0.29, 0.717) is 6.42 Å². The summed E-state index contributed by atoms with van der Waals surface area (Å²) >= 11 is 0. The number of aliphatic hydroxyl groups is 1. The monoisotopic (exact) mass is 297 g/mol. The van der Waals surface area contributed by atoms with Crippen molar-refractivity contribution in [3.8, 4) is 5.75 Å². The number of aromatic nitrogens is 1. The fourth-order valence-electron chi connectivity index (χ4n) is 1.83. The molecule has 1 N–H and O–H groups in total. The first-order valence-electron chi connectivity index (χ1n) is 6.34. The zero-order valence-electron chi connectivity index (χ0n) is 11.1. The molecule has 6 heteroatoms. The Kier molecular flexibility index (Phi) is 4.80. The quantitative estimate of drug-likeness (QED) is 0.921. The van der Waals surface area contributed by atoms with Crippen molar-refractivity contribution in [2.24, 2.45) is 0 Å². The van der Waals surface area contributed by atoms with Gasteiger partial charge in [0.15, 0.2) is 0 Å². The van der Waals surface area contributed by atoms with Crippen molar-refractivity contribution in [1.82, 2.24) is 4.98 Å². The van der Waals surface area contributed by atoms with Crippen LogP contribution in [0.5, 0.6) is 5.75 Å². The molecule has 2 rings (SSSR count). The molecule has 1 aromatic carbocycles. The van der Waals surface area contributed by atoms with E-state index in [0.717, 1.165) is 11.8 Å². The number of pyridine rings is 1. The van der Waals surface area contributed by atoms with Gasteiger partial charge in [0.25, 0.3) is 0 Å². The van der Waals surface area contributed by atoms with E-state index in [1.54, 1.807) is 24.4 Å². The van der Waals surface area contributed by atoms with E-state index >= 15 is 0 Å². The fraction of sp³-hybridized carbons (Fsp3) is 0.267. The first-order chi connectivity index (χ1) is 10.0. The molecule has 0 spiro atoms. The molecular formula is C15H14F3NO2. The third-order valence-electron chi connectivity index (χ3n) is 2.87. The number of nitrogens with zero attached hydrogens (tertiary/aromatic N) is 1. The van der Waals surface area contributed by atoms with Gasteiger partial charge in [-0.05, 0) is 29.8 Å². The molecule has 0 aliphatic heterocycles. The van der Waals surface area contributed by atoms with Gasteiger partial charge in [0.1, 0.15) is 5.75 Å². The number of aliphatic hydroxyl groups excluding tert-OH is 1. The van der Waals surface area contributed by atoms with E-state index in [1.807, 2.05) is 0 Å². The van der Waals surface area contributed by atoms with Crippen molar-refractivity contribution in [1.29, 1.82) is 0 Å². The number of halogens is 3. The van der Waals surface area contributed by atoms with Crippen molar-refractivity contribution in [2.45, 2.75) is 19.2 Å². The average Bonchev–Trinajstić information content (AvgIpc) is 2.47. The van der Waals surface area contributed by atoms with Gasteiger partial charge in [0.05, 0.1) is 18.8 Å². The predicted octanol–water partition coefficient (Wildman–Crippen LogP) is 3.21. The number of hydrogen-bond acceptors (Lipinski definition) is 3. The summed E-state index contributed by atoms with van der Waals surface area (Å²) in [6.07, 6.45) is -2.49. The lowest BCUT2D eigenvalue weighted by atomic mass is 10.1. The molecule has 3 nitrogen and oxygen atoms in total. The van der Waals surface area contributed by atoms with Gasteiger partial charge in [-0.3, -0.25) is 4.98 Å². The number of rotatable bonds is 5. The minimum Gasteiger partial charge on any atom is -0.493 e. The standard InChI is InChI=1S/C15H14F3NO2/c16-15(17,18)13-9-11(10-20)4-5-14(13)21-8-6-12-3-1-2-7-19-12/h1-5,7,9,20H,6,8,10H2. The van der Waals surface area contributed by atoms with Crippen LogP contribution in [-0.2, 0) is 19.2 Å². The highest BCUT2D eigenvalue weighted by Gasteiger charge is 2.34. The maximum absolute atomic E-state index is 12.9. The number of benzene rings is 1. The molecule has 0 aliphatic carbocycles. The molecule has 0 atom stereocenters. The predicted molar refractivity (Wildman–Crippen MR) is 70.8 cm³/mol. The molecule has 0 radical (unpaired) electrons. The molecule has 0 unspecified atom stereocenters. The summed E-state index contributed by atoms with van der Waals surface area (Å²) in [5, 5.41) is 8.93. The van der Waals surface area contributed by atoms with Gasteiger partial charge >= 0.3 is 6.18 Å². The molecule has 0 aliphatic rings. The molecule has 0 fully saturated rings. The first kappa shape index (κ1) is 15.3. The Bertz CT molecular complexity index is 585. The van der Waals surface area contributed by atoms with Gasteiger partial charge in [0, 0.05) is 18.3 Å². The third kappa shape index (κ3) is 4.19. The van der Waals surface area contributed by atoms with Crippen molar-refractivity contribution < 1.29 is 23.0 Å². The molecule has 0 saturated carbocycles. The van der Waals surface area contributed by atoms with Gasteiger partial charge in [-0.15, -0.1) is 0 Å². The fourth-order valence-corrected chi connectivity index (χ4v) is 1.83. The van der Waals surface area contributed by atoms with Gasteiger partial charge in [-0.1, -0.05) is 12.1 Å². The van der Waals surface area contributed by atoms with Gasteiger partial charge in [-0.2, -0.15) is 13.2 Å². The normalized spacial score (nSPS) is 11.4. The first-order valence-corrected chi connectivity index (χ1v) is 6.34. The molecule has 0 amide bonds. The van der Waals surface area contributed by atoms with Crippen LogP contribution in [0.15, 0.2) is 42.6 Å². The lowest BCUT2D eigenvalue weighted by Gasteiger charge is -2.15. The smallest absolute Gasteiger partial charge is 0.419 e. The zero-order chi connectivity index (χ0) is 15.3. The molecule has 0 saturated heterocycles. The summed E-state index contributed by atoms with van der Waals surface area (Å²) < 4.78 is 44.0. The zero-order valence-corrected chi connectivity index (χ0v) is 11.1. The second-order valence-electron chi connectivity index (χ2n) is 4.41. The summed E-state index contributed by atoms with van der Waals surface area (Å²) in [7, 11) is 0. The van der Waals surface area contributed by atoms with Crippen LogP contribution in [0.4, 0.5) is 13.2 Å². The number of hydrogen-bond donors (Lipinski definition) is 1. The van der Waals surface area contributed by atoms with Crippen LogP contribution in [0, 0.1) is 0 Å². The van der Waals surface area contributed by atoms with Crippen LogP contribution in [0.3, 0.4) is 0 Å². The van der Waals surface area contributed by atoms with E-state index < -0.39 is 18.3 Å². The van der Waals surface area contributed by atoms with Crippen LogP contribution >= 0.6 is 0 Å². The minimum absolute atomic E-state index is 0.0958. The minimum atomic E-state index is -4.52. The van der Waals surface area contributed by atoms with Crippen molar-refractivity contribution >= 4 is 0 Å². The molecule has 2 aromatic rings. The van der Waals surface area contributed by atoms with E-state index in [1.165, 1.54) is 12.1 Å². The van der Waals surface area contributed by atoms with E-state index in [4.69, 9.17) is 9.84 Å². The molecule has 1 heterocycles. The van der Waals surface area contributed by atoms with Crippen molar-refractivity contribution in [2.75, 3.05) is 6.61 Å². The number of ether oxygens (including phenoxy) is 1.